The number of nitro benzene ring substituents is 1. The van der Waals surface area contributed by atoms with Gasteiger partial charge < -0.3 is 9.47 Å². The number of amides is 2. The molecule has 3 rings (SSSR count). The van der Waals surface area contributed by atoms with Crippen LogP contribution in [0.1, 0.15) is 10.4 Å². The number of hydrogen-bond acceptors (Lipinski definition) is 8. The Morgan fingerprint density at radius 3 is 2.53 bits per heavy atom. The van der Waals surface area contributed by atoms with Gasteiger partial charge in [-0.25, -0.2) is 8.42 Å². The van der Waals surface area contributed by atoms with Crippen LogP contribution in [0.25, 0.3) is 0 Å². The van der Waals surface area contributed by atoms with Crippen LogP contribution in [0.5, 0.6) is 5.75 Å². The Kier molecular flexibility index (Phi) is 7.35. The van der Waals surface area contributed by atoms with Gasteiger partial charge in [-0.15, -0.1) is 0 Å². The predicted octanol–water partition coefficient (Wildman–Crippen LogP) is 0.456. The van der Waals surface area contributed by atoms with Gasteiger partial charge in [0.2, 0.25) is 10.0 Å². The van der Waals surface area contributed by atoms with Crippen LogP contribution >= 0.6 is 0 Å². The van der Waals surface area contributed by atoms with Crippen molar-refractivity contribution in [3.8, 4) is 5.75 Å². The topological polar surface area (TPSA) is 157 Å². The van der Waals surface area contributed by atoms with Gasteiger partial charge in [-0.1, -0.05) is 18.2 Å². The molecule has 12 nitrogen and oxygen atoms in total. The van der Waals surface area contributed by atoms with Crippen molar-refractivity contribution in [1.29, 1.82) is 0 Å². The number of ether oxygens (including phenoxy) is 2. The molecule has 170 valence electrons. The van der Waals surface area contributed by atoms with Crippen molar-refractivity contribution in [2.45, 2.75) is 4.90 Å². The third-order valence-corrected chi connectivity index (χ3v) is 6.33. The van der Waals surface area contributed by atoms with E-state index in [4.69, 9.17) is 9.47 Å². The Bertz CT molecular complexity index is 1120. The first-order valence-electron chi connectivity index (χ1n) is 9.42. The fourth-order valence-electron chi connectivity index (χ4n) is 2.84. The number of morpholine rings is 1. The molecule has 2 amide bonds. The van der Waals surface area contributed by atoms with Gasteiger partial charge >= 0.3 is 5.69 Å². The zero-order chi connectivity index (χ0) is 23.1. The summed E-state index contributed by atoms with van der Waals surface area (Å²) in [7, 11) is -3.79. The van der Waals surface area contributed by atoms with Gasteiger partial charge in [0, 0.05) is 24.7 Å². The largest absolute Gasteiger partial charge is 0.477 e. The first kappa shape index (κ1) is 23.1. The second-order valence-corrected chi connectivity index (χ2v) is 8.50. The third-order valence-electron chi connectivity index (χ3n) is 4.44. The molecule has 2 aromatic rings. The lowest BCUT2D eigenvalue weighted by atomic mass is 10.2. The Hall–Kier alpha value is -3.55. The van der Waals surface area contributed by atoms with Crippen molar-refractivity contribution in [3.05, 3.63) is 64.2 Å². The molecule has 2 aromatic carbocycles. The maximum Gasteiger partial charge on any atom is 0.310 e. The minimum Gasteiger partial charge on any atom is -0.477 e. The van der Waals surface area contributed by atoms with E-state index >= 15 is 0 Å². The highest BCUT2D eigenvalue weighted by molar-refractivity contribution is 7.89. The number of para-hydroxylation sites is 2. The molecular formula is C19H20N4O8S. The molecule has 0 spiro atoms. The molecular weight excluding hydrogens is 444 g/mol. The second kappa shape index (κ2) is 10.2. The number of rotatable bonds is 7. The van der Waals surface area contributed by atoms with Crippen LogP contribution in [0.2, 0.25) is 0 Å². The molecule has 0 bridgehead atoms. The molecule has 0 radical (unpaired) electrons. The highest BCUT2D eigenvalue weighted by Crippen LogP contribution is 2.25. The SMILES string of the molecule is O=C(COc1ccccc1[N+](=O)[O-])NNC(=O)c1cccc(S(=O)(=O)N2CCOCC2)c1. The highest BCUT2D eigenvalue weighted by Gasteiger charge is 2.27. The number of nitrogens with zero attached hydrogens (tertiary/aromatic N) is 2. The highest BCUT2D eigenvalue weighted by atomic mass is 32.2. The lowest BCUT2D eigenvalue weighted by molar-refractivity contribution is -0.385. The molecule has 0 aromatic heterocycles. The van der Waals surface area contributed by atoms with Crippen molar-refractivity contribution in [2.24, 2.45) is 0 Å². The molecule has 0 unspecified atom stereocenters. The Morgan fingerprint density at radius 1 is 1.09 bits per heavy atom. The van der Waals surface area contributed by atoms with E-state index in [-0.39, 0.29) is 35.0 Å². The van der Waals surface area contributed by atoms with Gasteiger partial charge in [0.25, 0.3) is 11.8 Å². The fraction of sp³-hybridized carbons (Fsp3) is 0.263. The molecule has 0 aliphatic carbocycles. The summed E-state index contributed by atoms with van der Waals surface area (Å²) in [5.41, 5.74) is 3.97. The van der Waals surface area contributed by atoms with E-state index in [1.165, 1.54) is 52.8 Å². The van der Waals surface area contributed by atoms with Gasteiger partial charge in [0.15, 0.2) is 12.4 Å². The molecule has 0 saturated carbocycles. The third kappa shape index (κ3) is 5.57. The molecule has 1 fully saturated rings. The zero-order valence-corrected chi connectivity index (χ0v) is 17.5. The van der Waals surface area contributed by atoms with Crippen LogP contribution in [0.15, 0.2) is 53.4 Å². The number of sulfonamides is 1. The average molecular weight is 464 g/mol. The van der Waals surface area contributed by atoms with Gasteiger partial charge in [0.05, 0.1) is 23.0 Å². The molecule has 1 heterocycles. The first-order valence-corrected chi connectivity index (χ1v) is 10.9. The number of nitro groups is 1. The number of hydrogen-bond donors (Lipinski definition) is 2. The molecule has 1 aliphatic heterocycles. The number of carbonyl (C=O) groups excluding carboxylic acids is 2. The molecule has 0 atom stereocenters. The summed E-state index contributed by atoms with van der Waals surface area (Å²) in [6, 6.07) is 10.9. The van der Waals surface area contributed by atoms with Crippen LogP contribution in [0, 0.1) is 10.1 Å². The van der Waals surface area contributed by atoms with E-state index in [1.807, 2.05) is 0 Å². The summed E-state index contributed by atoms with van der Waals surface area (Å²) in [6.45, 7) is 0.429. The summed E-state index contributed by atoms with van der Waals surface area (Å²) in [4.78, 5) is 34.5. The van der Waals surface area contributed by atoms with Crippen molar-refractivity contribution in [3.63, 3.8) is 0 Å². The number of nitrogens with one attached hydrogen (secondary N) is 2. The minimum absolute atomic E-state index is 0.0132. The smallest absolute Gasteiger partial charge is 0.310 e. The van der Waals surface area contributed by atoms with E-state index in [0.717, 1.165) is 0 Å². The Balaban J connectivity index is 1.58. The molecule has 32 heavy (non-hydrogen) atoms. The van der Waals surface area contributed by atoms with Crippen LogP contribution in [0.3, 0.4) is 0 Å². The van der Waals surface area contributed by atoms with Gasteiger partial charge in [-0.05, 0) is 24.3 Å². The fourth-order valence-corrected chi connectivity index (χ4v) is 4.30. The molecule has 2 N–H and O–H groups in total. The van der Waals surface area contributed by atoms with Gasteiger partial charge in [-0.2, -0.15) is 4.31 Å². The van der Waals surface area contributed by atoms with E-state index in [1.54, 1.807) is 0 Å². The maximum absolute atomic E-state index is 12.7. The van der Waals surface area contributed by atoms with Crippen molar-refractivity contribution in [2.75, 3.05) is 32.9 Å². The summed E-state index contributed by atoms with van der Waals surface area (Å²) < 4.78 is 37.0. The first-order chi connectivity index (χ1) is 15.3. The van der Waals surface area contributed by atoms with Gasteiger partial charge in [0.1, 0.15) is 0 Å². The summed E-state index contributed by atoms with van der Waals surface area (Å²) in [5.74, 6) is -1.61. The second-order valence-electron chi connectivity index (χ2n) is 6.56. The van der Waals surface area contributed by atoms with Crippen molar-refractivity contribution < 1.29 is 32.4 Å². The van der Waals surface area contributed by atoms with E-state index in [0.29, 0.717) is 13.2 Å². The van der Waals surface area contributed by atoms with Crippen LogP contribution in [-0.4, -0.2) is 62.4 Å². The Labute approximate surface area is 183 Å². The van der Waals surface area contributed by atoms with Crippen molar-refractivity contribution in [1.82, 2.24) is 15.2 Å². The normalized spacial score (nSPS) is 14.4. The molecule has 1 saturated heterocycles. The lowest BCUT2D eigenvalue weighted by Crippen LogP contribution is -2.44. The maximum atomic E-state index is 12.7. The lowest BCUT2D eigenvalue weighted by Gasteiger charge is -2.26. The zero-order valence-electron chi connectivity index (χ0n) is 16.7. The summed E-state index contributed by atoms with van der Waals surface area (Å²) >= 11 is 0. The van der Waals surface area contributed by atoms with Crippen LogP contribution in [0.4, 0.5) is 5.69 Å². The number of carbonyl (C=O) groups is 2. The minimum atomic E-state index is -3.79. The number of benzene rings is 2. The standard InChI is InChI=1S/C19H20N4O8S/c24-18(13-31-17-7-2-1-6-16(17)23(26)27)20-21-19(25)14-4-3-5-15(12-14)32(28,29)22-8-10-30-11-9-22/h1-7,12H,8-11,13H2,(H,20,24)(H,21,25). The predicted molar refractivity (Wildman–Crippen MR) is 110 cm³/mol. The van der Waals surface area contributed by atoms with E-state index in [9.17, 15) is 28.1 Å². The monoisotopic (exact) mass is 464 g/mol. The van der Waals surface area contributed by atoms with Crippen LogP contribution in [-0.2, 0) is 19.6 Å². The number of hydrazine groups is 1. The summed E-state index contributed by atoms with van der Waals surface area (Å²) in [6.07, 6.45) is 0. The van der Waals surface area contributed by atoms with Gasteiger partial charge in [-0.3, -0.25) is 30.6 Å². The molecule has 13 heteroatoms. The van der Waals surface area contributed by atoms with Crippen molar-refractivity contribution >= 4 is 27.5 Å². The van der Waals surface area contributed by atoms with E-state index < -0.39 is 33.4 Å². The average Bonchev–Trinajstić information content (AvgIpc) is 2.82. The molecule has 1 aliphatic rings. The van der Waals surface area contributed by atoms with Crippen LogP contribution < -0.4 is 15.6 Å². The summed E-state index contributed by atoms with van der Waals surface area (Å²) in [5, 5.41) is 11.0. The quantitative estimate of drug-likeness (QED) is 0.442. The Morgan fingerprint density at radius 2 is 1.81 bits per heavy atom. The van der Waals surface area contributed by atoms with E-state index in [2.05, 4.69) is 10.9 Å².